The van der Waals surface area contributed by atoms with Crippen LogP contribution >= 0.6 is 11.8 Å². The first-order valence-corrected chi connectivity index (χ1v) is 8.71. The van der Waals surface area contributed by atoms with Gasteiger partial charge in [0.15, 0.2) is 0 Å². The quantitative estimate of drug-likeness (QED) is 0.744. The monoisotopic (exact) mass is 345 g/mol. The lowest BCUT2D eigenvalue weighted by atomic mass is 10.1. The molecular weight excluding hydrogens is 322 g/mol. The van der Waals surface area contributed by atoms with Crippen LogP contribution in [0.5, 0.6) is 11.5 Å². The lowest BCUT2D eigenvalue weighted by Gasteiger charge is -2.12. The van der Waals surface area contributed by atoms with Crippen molar-refractivity contribution in [1.82, 2.24) is 5.32 Å². The number of carbonyl (C=O) groups excluding carboxylic acids is 1. The summed E-state index contributed by atoms with van der Waals surface area (Å²) in [7, 11) is 3.29. The van der Waals surface area contributed by atoms with Crippen LogP contribution in [0.25, 0.3) is 0 Å². The molecule has 5 heteroatoms. The van der Waals surface area contributed by atoms with E-state index in [-0.39, 0.29) is 11.2 Å². The molecule has 0 fully saturated rings. The molecule has 0 heterocycles. The minimum absolute atomic E-state index is 0.0383. The predicted molar refractivity (Wildman–Crippen MR) is 98.0 cm³/mol. The molecule has 0 spiro atoms. The SMILES string of the molecule is COc1ccc(CCNC(=O)C(C)Sc2cccc(OC)c2)cc1. The summed E-state index contributed by atoms with van der Waals surface area (Å²) in [6.07, 6.45) is 0.798. The van der Waals surface area contributed by atoms with Gasteiger partial charge < -0.3 is 14.8 Å². The minimum atomic E-state index is -0.159. The fourth-order valence-corrected chi connectivity index (χ4v) is 3.14. The third kappa shape index (κ3) is 5.49. The van der Waals surface area contributed by atoms with Gasteiger partial charge in [0.05, 0.1) is 19.5 Å². The summed E-state index contributed by atoms with van der Waals surface area (Å²) in [5.74, 6) is 1.68. The van der Waals surface area contributed by atoms with Gasteiger partial charge in [-0.05, 0) is 49.2 Å². The highest BCUT2D eigenvalue weighted by Crippen LogP contribution is 2.26. The Kier molecular flexibility index (Phi) is 7.00. The van der Waals surface area contributed by atoms with E-state index in [4.69, 9.17) is 9.47 Å². The largest absolute Gasteiger partial charge is 0.497 e. The van der Waals surface area contributed by atoms with Gasteiger partial charge in [-0.1, -0.05) is 18.2 Å². The molecule has 1 atom stereocenters. The Morgan fingerprint density at radius 1 is 1.08 bits per heavy atom. The maximum atomic E-state index is 12.2. The second-order valence-corrected chi connectivity index (χ2v) is 6.74. The smallest absolute Gasteiger partial charge is 0.233 e. The van der Waals surface area contributed by atoms with E-state index in [2.05, 4.69) is 5.32 Å². The van der Waals surface area contributed by atoms with Gasteiger partial charge in [-0.25, -0.2) is 0 Å². The molecule has 1 amide bonds. The van der Waals surface area contributed by atoms with Crippen LogP contribution < -0.4 is 14.8 Å². The lowest BCUT2D eigenvalue weighted by molar-refractivity contribution is -0.120. The number of ether oxygens (including phenoxy) is 2. The summed E-state index contributed by atoms with van der Waals surface area (Å²) in [6, 6.07) is 15.6. The topological polar surface area (TPSA) is 47.6 Å². The number of benzene rings is 2. The highest BCUT2D eigenvalue weighted by Gasteiger charge is 2.14. The maximum absolute atomic E-state index is 12.2. The van der Waals surface area contributed by atoms with Gasteiger partial charge in [-0.3, -0.25) is 4.79 Å². The van der Waals surface area contributed by atoms with Gasteiger partial charge >= 0.3 is 0 Å². The van der Waals surface area contributed by atoms with Crippen molar-refractivity contribution in [2.45, 2.75) is 23.5 Å². The van der Waals surface area contributed by atoms with E-state index in [0.717, 1.165) is 22.8 Å². The van der Waals surface area contributed by atoms with Gasteiger partial charge in [0.1, 0.15) is 11.5 Å². The predicted octanol–water partition coefficient (Wildman–Crippen LogP) is 3.54. The zero-order chi connectivity index (χ0) is 17.4. The Morgan fingerprint density at radius 3 is 2.46 bits per heavy atom. The average molecular weight is 345 g/mol. The molecule has 0 aliphatic carbocycles. The molecule has 2 aromatic carbocycles. The number of hydrogen-bond acceptors (Lipinski definition) is 4. The van der Waals surface area contributed by atoms with E-state index in [9.17, 15) is 4.79 Å². The third-order valence-corrected chi connectivity index (χ3v) is 4.69. The van der Waals surface area contributed by atoms with E-state index < -0.39 is 0 Å². The van der Waals surface area contributed by atoms with Gasteiger partial charge in [0.2, 0.25) is 5.91 Å². The van der Waals surface area contributed by atoms with Crippen LogP contribution in [0.4, 0.5) is 0 Å². The molecule has 128 valence electrons. The number of thioether (sulfide) groups is 1. The van der Waals surface area contributed by atoms with Crippen molar-refractivity contribution in [3.8, 4) is 11.5 Å². The summed E-state index contributed by atoms with van der Waals surface area (Å²) in [5, 5.41) is 2.83. The Morgan fingerprint density at radius 2 is 1.79 bits per heavy atom. The van der Waals surface area contributed by atoms with Crippen LogP contribution in [-0.2, 0) is 11.2 Å². The second-order valence-electron chi connectivity index (χ2n) is 5.33. The number of methoxy groups -OCH3 is 2. The first-order chi connectivity index (χ1) is 11.6. The van der Waals surface area contributed by atoms with Crippen molar-refractivity contribution in [1.29, 1.82) is 0 Å². The molecule has 0 bridgehead atoms. The van der Waals surface area contributed by atoms with Crippen molar-refractivity contribution in [3.05, 3.63) is 54.1 Å². The van der Waals surface area contributed by atoms with Crippen LogP contribution in [0.2, 0.25) is 0 Å². The fourth-order valence-electron chi connectivity index (χ4n) is 2.20. The standard InChI is InChI=1S/C19H23NO3S/c1-14(24-18-6-4-5-17(13-18)23-3)19(21)20-12-11-15-7-9-16(22-2)10-8-15/h4-10,13-14H,11-12H2,1-3H3,(H,20,21). The number of carbonyl (C=O) groups is 1. The number of rotatable bonds is 8. The average Bonchev–Trinajstić information content (AvgIpc) is 2.62. The molecule has 1 N–H and O–H groups in total. The number of hydrogen-bond donors (Lipinski definition) is 1. The zero-order valence-corrected chi connectivity index (χ0v) is 15.1. The summed E-state index contributed by atoms with van der Waals surface area (Å²) < 4.78 is 10.3. The molecule has 1 unspecified atom stereocenters. The third-order valence-electron chi connectivity index (χ3n) is 3.60. The van der Waals surface area contributed by atoms with Crippen molar-refractivity contribution < 1.29 is 14.3 Å². The molecule has 0 aliphatic rings. The number of nitrogens with one attached hydrogen (secondary N) is 1. The fraction of sp³-hybridized carbons (Fsp3) is 0.316. The first kappa shape index (κ1) is 18.2. The molecule has 2 aromatic rings. The summed E-state index contributed by atoms with van der Waals surface area (Å²) in [6.45, 7) is 2.53. The lowest BCUT2D eigenvalue weighted by Crippen LogP contribution is -2.32. The van der Waals surface area contributed by atoms with Crippen LogP contribution in [0.15, 0.2) is 53.4 Å². The van der Waals surface area contributed by atoms with Gasteiger partial charge in [0, 0.05) is 11.4 Å². The van der Waals surface area contributed by atoms with E-state index in [1.165, 1.54) is 17.3 Å². The van der Waals surface area contributed by atoms with Crippen molar-refractivity contribution in [2.24, 2.45) is 0 Å². The Hall–Kier alpha value is -2.14. The highest BCUT2D eigenvalue weighted by molar-refractivity contribution is 8.00. The molecule has 24 heavy (non-hydrogen) atoms. The normalized spacial score (nSPS) is 11.6. The van der Waals surface area contributed by atoms with E-state index in [1.54, 1.807) is 14.2 Å². The molecule has 4 nitrogen and oxygen atoms in total. The van der Waals surface area contributed by atoms with Crippen LogP contribution in [0.1, 0.15) is 12.5 Å². The maximum Gasteiger partial charge on any atom is 0.233 e. The molecule has 0 aliphatic heterocycles. The molecule has 0 saturated carbocycles. The Balaban J connectivity index is 1.78. The van der Waals surface area contributed by atoms with Gasteiger partial charge in [0.25, 0.3) is 0 Å². The van der Waals surface area contributed by atoms with E-state index in [0.29, 0.717) is 6.54 Å². The van der Waals surface area contributed by atoms with Gasteiger partial charge in [-0.15, -0.1) is 11.8 Å². The molecule has 0 aromatic heterocycles. The molecular formula is C19H23NO3S. The van der Waals surface area contributed by atoms with Crippen molar-refractivity contribution >= 4 is 17.7 Å². The van der Waals surface area contributed by atoms with Crippen molar-refractivity contribution in [2.75, 3.05) is 20.8 Å². The van der Waals surface area contributed by atoms with E-state index >= 15 is 0 Å². The van der Waals surface area contributed by atoms with Crippen molar-refractivity contribution in [3.63, 3.8) is 0 Å². The molecule has 2 rings (SSSR count). The number of amides is 1. The first-order valence-electron chi connectivity index (χ1n) is 7.83. The Labute approximate surface area is 147 Å². The summed E-state index contributed by atoms with van der Waals surface area (Å²) >= 11 is 1.52. The van der Waals surface area contributed by atoms with Crippen LogP contribution in [0, 0.1) is 0 Å². The van der Waals surface area contributed by atoms with Gasteiger partial charge in [-0.2, -0.15) is 0 Å². The van der Waals surface area contributed by atoms with Crippen LogP contribution in [-0.4, -0.2) is 31.9 Å². The summed E-state index contributed by atoms with van der Waals surface area (Å²) in [4.78, 5) is 13.2. The molecule has 0 saturated heterocycles. The zero-order valence-electron chi connectivity index (χ0n) is 14.2. The van der Waals surface area contributed by atoms with Crippen LogP contribution in [0.3, 0.4) is 0 Å². The summed E-state index contributed by atoms with van der Waals surface area (Å²) in [5.41, 5.74) is 1.17. The Bertz CT molecular complexity index is 658. The van der Waals surface area contributed by atoms with E-state index in [1.807, 2.05) is 55.5 Å². The molecule has 0 radical (unpaired) electrons. The second kappa shape index (κ2) is 9.23. The minimum Gasteiger partial charge on any atom is -0.497 e. The highest BCUT2D eigenvalue weighted by atomic mass is 32.2.